The number of fused-ring (bicyclic) bond motifs is 2. The minimum Gasteiger partial charge on any atom is -0.499 e. The van der Waals surface area contributed by atoms with Crippen LogP contribution in [0, 0.1) is 5.92 Å². The lowest BCUT2D eigenvalue weighted by atomic mass is 9.79. The summed E-state index contributed by atoms with van der Waals surface area (Å²) in [5.74, 6) is 0.210. The van der Waals surface area contributed by atoms with Crippen molar-refractivity contribution < 1.29 is 14.6 Å². The number of aromatic nitrogens is 1. The molecule has 2 N–H and O–H groups in total. The lowest BCUT2D eigenvalue weighted by molar-refractivity contribution is -0.134. The molecule has 1 aliphatic heterocycles. The molecule has 1 aromatic carbocycles. The molecule has 162 valence electrons. The van der Waals surface area contributed by atoms with Crippen LogP contribution in [-0.2, 0) is 16.0 Å². The fourth-order valence-corrected chi connectivity index (χ4v) is 4.51. The van der Waals surface area contributed by atoms with Gasteiger partial charge < -0.3 is 19.7 Å². The molecule has 6 nitrogen and oxygen atoms in total. The van der Waals surface area contributed by atoms with Crippen molar-refractivity contribution >= 4 is 22.4 Å². The number of hydrogen-bond donors (Lipinski definition) is 2. The van der Waals surface area contributed by atoms with Crippen LogP contribution in [0.15, 0.2) is 43.3 Å². The average molecular weight is 412 g/mol. The number of aromatic amines is 1. The summed E-state index contributed by atoms with van der Waals surface area (Å²) >= 11 is 0. The number of amides is 1. The van der Waals surface area contributed by atoms with Crippen molar-refractivity contribution in [3.8, 4) is 0 Å². The molecule has 1 amide bonds. The van der Waals surface area contributed by atoms with Crippen LogP contribution >= 0.6 is 0 Å². The number of aliphatic hydroxyl groups excluding tert-OH is 1. The van der Waals surface area contributed by atoms with Gasteiger partial charge in [0.25, 0.3) is 0 Å². The number of likely N-dealkylation sites (N-methyl/N-ethyl adjacent to an activating group) is 1. The highest BCUT2D eigenvalue weighted by molar-refractivity contribution is 5.99. The molecule has 0 bridgehead atoms. The quantitative estimate of drug-likeness (QED) is 0.566. The molecule has 2 aromatic rings. The SMILES string of the molecule is C=COCCO.CCN(CC)C(=O)[C@@H]1C=C2c3cccc4[nH]cc(c34)C[C@H]2N(C)C1. The average Bonchev–Trinajstić information content (AvgIpc) is 3.18. The second-order valence-corrected chi connectivity index (χ2v) is 7.70. The molecule has 6 heteroatoms. The van der Waals surface area contributed by atoms with Crippen molar-refractivity contribution in [2.45, 2.75) is 26.3 Å². The minimum absolute atomic E-state index is 0.0445. The zero-order valence-electron chi connectivity index (χ0n) is 18.2. The first kappa shape index (κ1) is 22.1. The van der Waals surface area contributed by atoms with Crippen molar-refractivity contribution in [2.75, 3.05) is 39.9 Å². The van der Waals surface area contributed by atoms with E-state index in [0.29, 0.717) is 12.6 Å². The van der Waals surface area contributed by atoms with E-state index in [1.807, 2.05) is 4.90 Å². The van der Waals surface area contributed by atoms with E-state index in [0.717, 1.165) is 26.1 Å². The number of nitrogens with zero attached hydrogens (tertiary/aromatic N) is 2. The number of rotatable bonds is 6. The van der Waals surface area contributed by atoms with Gasteiger partial charge in [0.15, 0.2) is 0 Å². The normalized spacial score (nSPS) is 19.9. The summed E-state index contributed by atoms with van der Waals surface area (Å²) < 4.78 is 4.50. The molecule has 2 atom stereocenters. The molecule has 0 radical (unpaired) electrons. The first-order valence-corrected chi connectivity index (χ1v) is 10.7. The number of ether oxygens (including phenoxy) is 1. The molecule has 30 heavy (non-hydrogen) atoms. The van der Waals surface area contributed by atoms with Gasteiger partial charge in [0.1, 0.15) is 6.61 Å². The van der Waals surface area contributed by atoms with E-state index >= 15 is 0 Å². The highest BCUT2D eigenvalue weighted by atomic mass is 16.5. The molecule has 0 spiro atoms. The molecule has 4 rings (SSSR count). The van der Waals surface area contributed by atoms with Gasteiger partial charge in [0.2, 0.25) is 5.91 Å². The topological polar surface area (TPSA) is 68.8 Å². The summed E-state index contributed by atoms with van der Waals surface area (Å²) in [5, 5.41) is 9.36. The fourth-order valence-electron chi connectivity index (χ4n) is 4.51. The number of hydrogen-bond acceptors (Lipinski definition) is 4. The van der Waals surface area contributed by atoms with Gasteiger partial charge in [0, 0.05) is 42.8 Å². The van der Waals surface area contributed by atoms with Crippen molar-refractivity contribution in [3.63, 3.8) is 0 Å². The number of aliphatic hydroxyl groups is 1. The van der Waals surface area contributed by atoms with Crippen molar-refractivity contribution in [3.05, 3.63) is 54.4 Å². The van der Waals surface area contributed by atoms with Crippen LogP contribution in [0.3, 0.4) is 0 Å². The van der Waals surface area contributed by atoms with E-state index in [4.69, 9.17) is 5.11 Å². The Bertz CT molecular complexity index is 914. The van der Waals surface area contributed by atoms with Crippen LogP contribution in [0.5, 0.6) is 0 Å². The molecule has 0 saturated carbocycles. The Morgan fingerprint density at radius 2 is 2.17 bits per heavy atom. The van der Waals surface area contributed by atoms with Gasteiger partial charge in [-0.3, -0.25) is 9.69 Å². The van der Waals surface area contributed by atoms with Crippen LogP contribution in [0.25, 0.3) is 16.5 Å². The maximum atomic E-state index is 12.9. The smallest absolute Gasteiger partial charge is 0.230 e. The fraction of sp³-hybridized carbons (Fsp3) is 0.458. The molecule has 0 unspecified atom stereocenters. The summed E-state index contributed by atoms with van der Waals surface area (Å²) in [7, 11) is 2.15. The Kier molecular flexibility index (Phi) is 7.34. The lowest BCUT2D eigenvalue weighted by Crippen LogP contribution is -2.47. The third-order valence-electron chi connectivity index (χ3n) is 5.99. The first-order valence-electron chi connectivity index (χ1n) is 10.7. The zero-order chi connectivity index (χ0) is 21.7. The Morgan fingerprint density at radius 1 is 1.40 bits per heavy atom. The standard InChI is InChI=1S/C20H25N3O.C4H8O2/c1-4-23(5-2)20(24)14-9-16-15-7-6-8-17-19(15)13(11-21-17)10-18(16)22(3)12-14;1-2-6-4-3-5/h6-9,11,14,18,21H,4-5,10,12H2,1-3H3;2,5H,1,3-4H2/t14-,18-;/m1./s1. The van der Waals surface area contributed by atoms with Crippen LogP contribution in [0.1, 0.15) is 25.0 Å². The van der Waals surface area contributed by atoms with E-state index in [9.17, 15) is 4.79 Å². The van der Waals surface area contributed by atoms with Crippen LogP contribution in [0.4, 0.5) is 0 Å². The maximum absolute atomic E-state index is 12.9. The van der Waals surface area contributed by atoms with E-state index in [2.05, 4.69) is 72.6 Å². The second-order valence-electron chi connectivity index (χ2n) is 7.70. The van der Waals surface area contributed by atoms with Crippen molar-refractivity contribution in [2.24, 2.45) is 5.92 Å². The van der Waals surface area contributed by atoms with Gasteiger partial charge in [-0.05, 0) is 50.1 Å². The predicted molar refractivity (Wildman–Crippen MR) is 121 cm³/mol. The highest BCUT2D eigenvalue weighted by Crippen LogP contribution is 2.40. The van der Waals surface area contributed by atoms with Crippen molar-refractivity contribution in [1.29, 1.82) is 0 Å². The van der Waals surface area contributed by atoms with Crippen LogP contribution in [0.2, 0.25) is 0 Å². The Morgan fingerprint density at radius 3 is 2.80 bits per heavy atom. The molecule has 0 saturated heterocycles. The second kappa shape index (κ2) is 9.96. The number of benzene rings is 1. The molecular formula is C24H33N3O3. The van der Waals surface area contributed by atoms with Crippen LogP contribution < -0.4 is 0 Å². The van der Waals surface area contributed by atoms with E-state index in [1.54, 1.807) is 0 Å². The predicted octanol–water partition coefficient (Wildman–Crippen LogP) is 3.04. The summed E-state index contributed by atoms with van der Waals surface area (Å²) in [6, 6.07) is 6.82. The molecule has 1 aromatic heterocycles. The lowest BCUT2D eigenvalue weighted by Gasteiger charge is -2.40. The number of H-pyrrole nitrogens is 1. The first-order chi connectivity index (χ1) is 14.5. The summed E-state index contributed by atoms with van der Waals surface area (Å²) in [6.45, 7) is 10.1. The van der Waals surface area contributed by atoms with E-state index < -0.39 is 0 Å². The van der Waals surface area contributed by atoms with E-state index in [-0.39, 0.29) is 18.4 Å². The number of carbonyl (C=O) groups excluding carboxylic acids is 1. The Balaban J connectivity index is 0.000000377. The molecular weight excluding hydrogens is 378 g/mol. The van der Waals surface area contributed by atoms with Gasteiger partial charge in [-0.2, -0.15) is 0 Å². The zero-order valence-corrected chi connectivity index (χ0v) is 18.2. The molecule has 1 aliphatic carbocycles. The van der Waals surface area contributed by atoms with Gasteiger partial charge in [-0.25, -0.2) is 0 Å². The van der Waals surface area contributed by atoms with Crippen molar-refractivity contribution in [1.82, 2.24) is 14.8 Å². The summed E-state index contributed by atoms with van der Waals surface area (Å²) in [5.41, 5.74) is 5.21. The summed E-state index contributed by atoms with van der Waals surface area (Å²) in [4.78, 5) is 20.6. The van der Waals surface area contributed by atoms with Gasteiger partial charge in [-0.1, -0.05) is 24.8 Å². The van der Waals surface area contributed by atoms with Gasteiger partial charge in [-0.15, -0.1) is 0 Å². The third-order valence-corrected chi connectivity index (χ3v) is 5.99. The van der Waals surface area contributed by atoms with E-state index in [1.165, 1.54) is 33.9 Å². The highest BCUT2D eigenvalue weighted by Gasteiger charge is 2.36. The Labute approximate surface area is 178 Å². The monoisotopic (exact) mass is 411 g/mol. The van der Waals surface area contributed by atoms with Gasteiger partial charge in [0.05, 0.1) is 18.8 Å². The number of carbonyl (C=O) groups is 1. The molecule has 2 aliphatic rings. The molecule has 0 fully saturated rings. The number of nitrogens with one attached hydrogen (secondary N) is 1. The minimum atomic E-state index is -0.0445. The Hall–Kier alpha value is -2.57. The van der Waals surface area contributed by atoms with Gasteiger partial charge >= 0.3 is 0 Å². The third kappa shape index (κ3) is 4.30. The largest absolute Gasteiger partial charge is 0.499 e. The maximum Gasteiger partial charge on any atom is 0.230 e. The molecule has 2 heterocycles. The van der Waals surface area contributed by atoms with Crippen LogP contribution in [-0.4, -0.2) is 71.7 Å². The summed E-state index contributed by atoms with van der Waals surface area (Å²) in [6.07, 6.45) is 6.71.